The fourth-order valence-electron chi connectivity index (χ4n) is 1.65. The van der Waals surface area contributed by atoms with Gasteiger partial charge in [-0.05, 0) is 38.6 Å². The Hall–Kier alpha value is -1.88. The highest BCUT2D eigenvalue weighted by Gasteiger charge is 2.25. The molecule has 0 bridgehead atoms. The first-order chi connectivity index (χ1) is 9.05. The van der Waals surface area contributed by atoms with Crippen LogP contribution in [0.5, 0.6) is 5.75 Å². The van der Waals surface area contributed by atoms with Crippen LogP contribution in [0.1, 0.15) is 31.1 Å². The molecule has 1 aromatic carbocycles. The molecule has 0 aliphatic carbocycles. The van der Waals surface area contributed by atoms with Crippen molar-refractivity contribution < 1.29 is 9.26 Å². The monoisotopic (exact) mass is 261 g/mol. The van der Waals surface area contributed by atoms with E-state index in [1.54, 1.807) is 7.11 Å². The van der Waals surface area contributed by atoms with E-state index in [2.05, 4.69) is 15.5 Å². The topological polar surface area (TPSA) is 60.2 Å². The average Bonchev–Trinajstić information content (AvgIpc) is 2.88. The van der Waals surface area contributed by atoms with Crippen LogP contribution >= 0.6 is 0 Å². The van der Waals surface area contributed by atoms with Crippen molar-refractivity contribution in [2.24, 2.45) is 0 Å². The molecule has 2 rings (SSSR count). The number of hydrogen-bond donors (Lipinski definition) is 1. The van der Waals surface area contributed by atoms with Crippen molar-refractivity contribution in [3.63, 3.8) is 0 Å². The molecule has 102 valence electrons. The van der Waals surface area contributed by atoms with Gasteiger partial charge in [-0.25, -0.2) is 0 Å². The van der Waals surface area contributed by atoms with E-state index < -0.39 is 0 Å². The second-order valence-electron chi connectivity index (χ2n) is 4.92. The van der Waals surface area contributed by atoms with Gasteiger partial charge in [0.1, 0.15) is 5.75 Å². The third kappa shape index (κ3) is 3.12. The standard InChI is InChI=1S/C14H19N3O2/c1-14(2,15-3)13-16-12(17-19-13)9-10-6-5-7-11(8-10)18-4/h5-8,15H,9H2,1-4H3. The van der Waals surface area contributed by atoms with E-state index in [-0.39, 0.29) is 5.54 Å². The molecule has 0 radical (unpaired) electrons. The minimum Gasteiger partial charge on any atom is -0.497 e. The summed E-state index contributed by atoms with van der Waals surface area (Å²) in [4.78, 5) is 4.42. The number of methoxy groups -OCH3 is 1. The normalized spacial score (nSPS) is 11.6. The molecule has 0 saturated carbocycles. The van der Waals surface area contributed by atoms with E-state index in [0.717, 1.165) is 11.3 Å². The molecular formula is C14H19N3O2. The molecule has 1 heterocycles. The van der Waals surface area contributed by atoms with Gasteiger partial charge in [-0.1, -0.05) is 17.3 Å². The van der Waals surface area contributed by atoms with Crippen molar-refractivity contribution >= 4 is 0 Å². The predicted molar refractivity (Wildman–Crippen MR) is 72.2 cm³/mol. The molecule has 2 aromatic rings. The number of aromatic nitrogens is 2. The molecule has 0 aliphatic heterocycles. The van der Waals surface area contributed by atoms with Gasteiger partial charge in [0, 0.05) is 6.42 Å². The Kier molecular flexibility index (Phi) is 3.85. The number of nitrogens with one attached hydrogen (secondary N) is 1. The third-order valence-corrected chi connectivity index (χ3v) is 3.12. The predicted octanol–water partition coefficient (Wildman–Crippen LogP) is 2.12. The molecule has 0 amide bonds. The lowest BCUT2D eigenvalue weighted by atomic mass is 10.1. The molecule has 5 nitrogen and oxygen atoms in total. The average molecular weight is 261 g/mol. The number of ether oxygens (including phenoxy) is 1. The van der Waals surface area contributed by atoms with Crippen LogP contribution in [0.2, 0.25) is 0 Å². The molecule has 0 spiro atoms. The Morgan fingerprint density at radius 3 is 2.84 bits per heavy atom. The Bertz CT molecular complexity index is 549. The van der Waals surface area contributed by atoms with E-state index in [4.69, 9.17) is 9.26 Å². The summed E-state index contributed by atoms with van der Waals surface area (Å²) in [6.07, 6.45) is 0.625. The van der Waals surface area contributed by atoms with E-state index in [1.165, 1.54) is 0 Å². The van der Waals surface area contributed by atoms with E-state index in [1.807, 2.05) is 45.2 Å². The molecule has 0 saturated heterocycles. The number of rotatable bonds is 5. The summed E-state index contributed by atoms with van der Waals surface area (Å²) in [5.74, 6) is 2.09. The fraction of sp³-hybridized carbons (Fsp3) is 0.429. The van der Waals surface area contributed by atoms with Crippen LogP contribution in [0.4, 0.5) is 0 Å². The first kappa shape index (κ1) is 13.5. The summed E-state index contributed by atoms with van der Waals surface area (Å²) in [5, 5.41) is 7.15. The maximum atomic E-state index is 5.29. The van der Waals surface area contributed by atoms with Gasteiger partial charge >= 0.3 is 0 Å². The molecule has 0 unspecified atom stereocenters. The fourth-order valence-corrected chi connectivity index (χ4v) is 1.65. The highest BCUT2D eigenvalue weighted by atomic mass is 16.5. The zero-order valence-corrected chi connectivity index (χ0v) is 11.7. The minimum absolute atomic E-state index is 0.320. The van der Waals surface area contributed by atoms with Crippen molar-refractivity contribution in [3.8, 4) is 5.75 Å². The van der Waals surface area contributed by atoms with Crippen molar-refractivity contribution in [3.05, 3.63) is 41.5 Å². The maximum Gasteiger partial charge on any atom is 0.246 e. The lowest BCUT2D eigenvalue weighted by Gasteiger charge is -2.17. The lowest BCUT2D eigenvalue weighted by Crippen LogP contribution is -2.33. The Morgan fingerprint density at radius 2 is 2.16 bits per heavy atom. The van der Waals surface area contributed by atoms with Crippen molar-refractivity contribution in [2.75, 3.05) is 14.2 Å². The van der Waals surface area contributed by atoms with Gasteiger partial charge in [-0.3, -0.25) is 0 Å². The Balaban J connectivity index is 2.15. The number of nitrogens with zero attached hydrogens (tertiary/aromatic N) is 2. The number of benzene rings is 1. The second-order valence-corrected chi connectivity index (χ2v) is 4.92. The van der Waals surface area contributed by atoms with E-state index in [9.17, 15) is 0 Å². The molecule has 1 N–H and O–H groups in total. The van der Waals surface area contributed by atoms with Crippen LogP contribution in [0.3, 0.4) is 0 Å². The summed E-state index contributed by atoms with van der Waals surface area (Å²) < 4.78 is 10.5. The molecular weight excluding hydrogens is 242 g/mol. The van der Waals surface area contributed by atoms with Gasteiger partial charge < -0.3 is 14.6 Å². The van der Waals surface area contributed by atoms with Gasteiger partial charge in [-0.2, -0.15) is 4.98 Å². The second kappa shape index (κ2) is 5.40. The van der Waals surface area contributed by atoms with Gasteiger partial charge in [-0.15, -0.1) is 0 Å². The third-order valence-electron chi connectivity index (χ3n) is 3.12. The summed E-state index contributed by atoms with van der Waals surface area (Å²) >= 11 is 0. The van der Waals surface area contributed by atoms with Gasteiger partial charge in [0.15, 0.2) is 5.82 Å². The van der Waals surface area contributed by atoms with Crippen molar-refractivity contribution in [2.45, 2.75) is 25.8 Å². The van der Waals surface area contributed by atoms with Crippen molar-refractivity contribution in [1.29, 1.82) is 0 Å². The van der Waals surface area contributed by atoms with Crippen LogP contribution in [0.15, 0.2) is 28.8 Å². The molecule has 1 aromatic heterocycles. The summed E-state index contributed by atoms with van der Waals surface area (Å²) in [5.41, 5.74) is 0.772. The molecule has 0 fully saturated rings. The highest BCUT2D eigenvalue weighted by molar-refractivity contribution is 5.30. The Labute approximate surface area is 113 Å². The van der Waals surface area contributed by atoms with Crippen LogP contribution in [-0.2, 0) is 12.0 Å². The first-order valence-corrected chi connectivity index (χ1v) is 6.20. The number of hydrogen-bond acceptors (Lipinski definition) is 5. The minimum atomic E-state index is -0.320. The van der Waals surface area contributed by atoms with Gasteiger partial charge in [0.2, 0.25) is 5.89 Å². The SMILES string of the molecule is CNC(C)(C)c1nc(Cc2cccc(OC)c2)no1. The van der Waals surface area contributed by atoms with E-state index >= 15 is 0 Å². The van der Waals surface area contributed by atoms with Crippen LogP contribution < -0.4 is 10.1 Å². The molecule has 19 heavy (non-hydrogen) atoms. The molecule has 0 aliphatic rings. The van der Waals surface area contributed by atoms with Crippen LogP contribution in [0.25, 0.3) is 0 Å². The quantitative estimate of drug-likeness (QED) is 0.893. The lowest BCUT2D eigenvalue weighted by molar-refractivity contribution is 0.279. The van der Waals surface area contributed by atoms with Crippen LogP contribution in [0, 0.1) is 0 Å². The summed E-state index contributed by atoms with van der Waals surface area (Å²) in [6, 6.07) is 7.85. The van der Waals surface area contributed by atoms with E-state index in [0.29, 0.717) is 18.1 Å². The first-order valence-electron chi connectivity index (χ1n) is 6.20. The molecule has 5 heteroatoms. The summed E-state index contributed by atoms with van der Waals surface area (Å²) in [6.45, 7) is 3.99. The smallest absolute Gasteiger partial charge is 0.246 e. The summed E-state index contributed by atoms with van der Waals surface area (Å²) in [7, 11) is 3.52. The molecule has 0 atom stereocenters. The largest absolute Gasteiger partial charge is 0.497 e. The van der Waals surface area contributed by atoms with Crippen molar-refractivity contribution in [1.82, 2.24) is 15.5 Å². The highest BCUT2D eigenvalue weighted by Crippen LogP contribution is 2.19. The van der Waals surface area contributed by atoms with Gasteiger partial charge in [0.25, 0.3) is 0 Å². The van der Waals surface area contributed by atoms with Gasteiger partial charge in [0.05, 0.1) is 12.6 Å². The Morgan fingerprint density at radius 1 is 1.37 bits per heavy atom. The van der Waals surface area contributed by atoms with Crippen LogP contribution in [-0.4, -0.2) is 24.3 Å². The zero-order valence-electron chi connectivity index (χ0n) is 11.7. The maximum absolute atomic E-state index is 5.29. The zero-order chi connectivity index (χ0) is 13.9.